The molecule has 1 aromatic heterocycles. The number of methoxy groups -OCH3 is 1. The molecule has 2 rings (SSSR count). The van der Waals surface area contributed by atoms with Gasteiger partial charge in [0.1, 0.15) is 5.01 Å². The summed E-state index contributed by atoms with van der Waals surface area (Å²) in [4.78, 5) is 4.43. The third kappa shape index (κ3) is 3.86. The van der Waals surface area contributed by atoms with Crippen LogP contribution < -0.4 is 5.32 Å². The molecule has 102 valence electrons. The normalized spacial score (nSPS) is 12.5. The van der Waals surface area contributed by atoms with Gasteiger partial charge in [-0.25, -0.2) is 4.98 Å². The monoisotopic (exact) mass is 276 g/mol. The lowest BCUT2D eigenvalue weighted by molar-refractivity contribution is 0.197. The molecule has 3 nitrogen and oxygen atoms in total. The second-order valence-corrected chi connectivity index (χ2v) is 5.27. The summed E-state index contributed by atoms with van der Waals surface area (Å²) in [5, 5.41) is 6.61. The van der Waals surface area contributed by atoms with E-state index in [-0.39, 0.29) is 6.04 Å². The molecule has 1 unspecified atom stereocenters. The number of rotatable bonds is 7. The van der Waals surface area contributed by atoms with E-state index in [1.54, 1.807) is 18.4 Å². The number of benzene rings is 1. The first kappa shape index (κ1) is 14.2. The molecule has 1 heterocycles. The maximum atomic E-state index is 5.10. The van der Waals surface area contributed by atoms with Gasteiger partial charge in [-0.05, 0) is 17.5 Å². The number of aryl methyl sites for hydroxylation is 1. The van der Waals surface area contributed by atoms with E-state index in [1.165, 1.54) is 11.1 Å². The van der Waals surface area contributed by atoms with Gasteiger partial charge in [0.05, 0.1) is 12.6 Å². The second-order valence-electron chi connectivity index (χ2n) is 4.35. The van der Waals surface area contributed by atoms with Crippen LogP contribution in [0, 0.1) is 0 Å². The van der Waals surface area contributed by atoms with Gasteiger partial charge in [0, 0.05) is 25.2 Å². The molecule has 19 heavy (non-hydrogen) atoms. The fourth-order valence-electron chi connectivity index (χ4n) is 1.98. The van der Waals surface area contributed by atoms with Crippen LogP contribution in [0.5, 0.6) is 0 Å². The van der Waals surface area contributed by atoms with Crippen LogP contribution in [0.2, 0.25) is 0 Å². The number of aromatic nitrogens is 1. The highest BCUT2D eigenvalue weighted by atomic mass is 32.1. The number of hydrogen-bond donors (Lipinski definition) is 1. The Labute approximate surface area is 118 Å². The molecule has 0 saturated heterocycles. The van der Waals surface area contributed by atoms with Crippen molar-refractivity contribution >= 4 is 11.3 Å². The molecule has 0 bridgehead atoms. The van der Waals surface area contributed by atoms with Gasteiger partial charge in [-0.2, -0.15) is 0 Å². The Morgan fingerprint density at radius 1 is 1.32 bits per heavy atom. The SMILES string of the molecule is CCc1ccc(C(NCCOC)c2nccs2)cc1. The molecule has 0 spiro atoms. The fourth-order valence-corrected chi connectivity index (χ4v) is 2.71. The standard InChI is InChI=1S/C15H20N2OS/c1-3-12-4-6-13(7-5-12)14(16-8-10-18-2)15-17-9-11-19-15/h4-7,9,11,14,16H,3,8,10H2,1-2H3. The van der Waals surface area contributed by atoms with Crippen molar-refractivity contribution in [2.45, 2.75) is 19.4 Å². The summed E-state index contributed by atoms with van der Waals surface area (Å²) in [6.07, 6.45) is 2.92. The summed E-state index contributed by atoms with van der Waals surface area (Å²) in [5.74, 6) is 0. The molecule has 0 saturated carbocycles. The molecule has 0 aliphatic carbocycles. The van der Waals surface area contributed by atoms with Gasteiger partial charge in [-0.3, -0.25) is 0 Å². The highest BCUT2D eigenvalue weighted by molar-refractivity contribution is 7.09. The smallest absolute Gasteiger partial charge is 0.114 e. The molecule has 4 heteroatoms. The number of hydrogen-bond acceptors (Lipinski definition) is 4. The topological polar surface area (TPSA) is 34.1 Å². The van der Waals surface area contributed by atoms with E-state index >= 15 is 0 Å². The molecule has 1 atom stereocenters. The van der Waals surface area contributed by atoms with Crippen molar-refractivity contribution in [3.63, 3.8) is 0 Å². The minimum atomic E-state index is 0.154. The quantitative estimate of drug-likeness (QED) is 0.789. The zero-order valence-electron chi connectivity index (χ0n) is 11.4. The molecular weight excluding hydrogens is 256 g/mol. The van der Waals surface area contributed by atoms with E-state index < -0.39 is 0 Å². The maximum absolute atomic E-state index is 5.10. The summed E-state index contributed by atoms with van der Waals surface area (Å²) in [7, 11) is 1.72. The summed E-state index contributed by atoms with van der Waals surface area (Å²) in [5.41, 5.74) is 2.61. The van der Waals surface area contributed by atoms with Crippen LogP contribution in [0.15, 0.2) is 35.8 Å². The Morgan fingerprint density at radius 2 is 2.11 bits per heavy atom. The average Bonchev–Trinajstić information content (AvgIpc) is 2.98. The zero-order chi connectivity index (χ0) is 13.5. The number of nitrogens with one attached hydrogen (secondary N) is 1. The third-order valence-corrected chi connectivity index (χ3v) is 3.91. The average molecular weight is 276 g/mol. The van der Waals surface area contributed by atoms with E-state index in [0.29, 0.717) is 6.61 Å². The van der Waals surface area contributed by atoms with E-state index in [1.807, 2.05) is 11.6 Å². The van der Waals surface area contributed by atoms with E-state index in [2.05, 4.69) is 41.5 Å². The first-order valence-corrected chi connectivity index (χ1v) is 7.43. The lowest BCUT2D eigenvalue weighted by Gasteiger charge is -2.17. The highest BCUT2D eigenvalue weighted by Crippen LogP contribution is 2.24. The summed E-state index contributed by atoms with van der Waals surface area (Å²) in [6.45, 7) is 3.69. The Kier molecular flexibility index (Phi) is 5.51. The van der Waals surface area contributed by atoms with Gasteiger partial charge in [-0.15, -0.1) is 11.3 Å². The number of ether oxygens (including phenoxy) is 1. The zero-order valence-corrected chi connectivity index (χ0v) is 12.2. The first-order chi connectivity index (χ1) is 9.35. The Morgan fingerprint density at radius 3 is 2.68 bits per heavy atom. The van der Waals surface area contributed by atoms with Crippen molar-refractivity contribution < 1.29 is 4.74 Å². The van der Waals surface area contributed by atoms with Crippen molar-refractivity contribution in [1.82, 2.24) is 10.3 Å². The summed E-state index contributed by atoms with van der Waals surface area (Å²) >= 11 is 1.68. The van der Waals surface area contributed by atoms with E-state index in [0.717, 1.165) is 18.0 Å². The molecule has 0 amide bonds. The lowest BCUT2D eigenvalue weighted by Crippen LogP contribution is -2.25. The van der Waals surface area contributed by atoms with Crippen LogP contribution in [0.1, 0.15) is 29.1 Å². The van der Waals surface area contributed by atoms with Crippen LogP contribution in [0.4, 0.5) is 0 Å². The molecule has 0 aliphatic heterocycles. The van der Waals surface area contributed by atoms with Crippen molar-refractivity contribution in [2.75, 3.05) is 20.3 Å². The molecule has 1 aromatic carbocycles. The fraction of sp³-hybridized carbons (Fsp3) is 0.400. The van der Waals surface area contributed by atoms with Gasteiger partial charge in [0.25, 0.3) is 0 Å². The first-order valence-electron chi connectivity index (χ1n) is 6.55. The predicted molar refractivity (Wildman–Crippen MR) is 79.7 cm³/mol. The molecular formula is C15H20N2OS. The second kappa shape index (κ2) is 7.38. The molecule has 0 aliphatic rings. The molecule has 0 radical (unpaired) electrons. The minimum Gasteiger partial charge on any atom is -0.383 e. The van der Waals surface area contributed by atoms with Crippen LogP contribution in [0.3, 0.4) is 0 Å². The van der Waals surface area contributed by atoms with Gasteiger partial charge in [0.2, 0.25) is 0 Å². The van der Waals surface area contributed by atoms with Crippen molar-refractivity contribution in [3.05, 3.63) is 52.0 Å². The van der Waals surface area contributed by atoms with Crippen molar-refractivity contribution in [3.8, 4) is 0 Å². The lowest BCUT2D eigenvalue weighted by atomic mass is 10.0. The van der Waals surface area contributed by atoms with Crippen LogP contribution in [0.25, 0.3) is 0 Å². The third-order valence-electron chi connectivity index (χ3n) is 3.07. The largest absolute Gasteiger partial charge is 0.383 e. The van der Waals surface area contributed by atoms with Crippen molar-refractivity contribution in [2.24, 2.45) is 0 Å². The van der Waals surface area contributed by atoms with Crippen LogP contribution >= 0.6 is 11.3 Å². The number of nitrogens with zero attached hydrogens (tertiary/aromatic N) is 1. The molecule has 2 aromatic rings. The summed E-state index contributed by atoms with van der Waals surface area (Å²) < 4.78 is 5.10. The van der Waals surface area contributed by atoms with Crippen molar-refractivity contribution in [1.29, 1.82) is 0 Å². The minimum absolute atomic E-state index is 0.154. The van der Waals surface area contributed by atoms with Crippen LogP contribution in [-0.2, 0) is 11.2 Å². The Hall–Kier alpha value is -1.23. The molecule has 0 fully saturated rings. The van der Waals surface area contributed by atoms with Gasteiger partial charge in [0.15, 0.2) is 0 Å². The highest BCUT2D eigenvalue weighted by Gasteiger charge is 2.15. The van der Waals surface area contributed by atoms with Gasteiger partial charge in [-0.1, -0.05) is 31.2 Å². The summed E-state index contributed by atoms with van der Waals surface area (Å²) in [6, 6.07) is 8.90. The maximum Gasteiger partial charge on any atom is 0.114 e. The van der Waals surface area contributed by atoms with Crippen LogP contribution in [-0.4, -0.2) is 25.2 Å². The molecule has 1 N–H and O–H groups in total. The van der Waals surface area contributed by atoms with E-state index in [4.69, 9.17) is 4.74 Å². The predicted octanol–water partition coefficient (Wildman–Crippen LogP) is 3.03. The Balaban J connectivity index is 2.15. The van der Waals surface area contributed by atoms with Gasteiger partial charge < -0.3 is 10.1 Å². The van der Waals surface area contributed by atoms with Gasteiger partial charge >= 0.3 is 0 Å². The number of thiazole rings is 1. The Bertz CT molecular complexity index is 467. The van der Waals surface area contributed by atoms with E-state index in [9.17, 15) is 0 Å².